The third-order valence-electron chi connectivity index (χ3n) is 2.75. The molecule has 0 aromatic carbocycles. The second-order valence-electron chi connectivity index (χ2n) is 3.35. The fourth-order valence-electron chi connectivity index (χ4n) is 1.88. The predicted molar refractivity (Wildman–Crippen MR) is 41.7 cm³/mol. The molecule has 0 aromatic rings. The molecule has 2 fully saturated rings. The molecule has 2 rings (SSSR count). The van der Waals surface area contributed by atoms with Crippen molar-refractivity contribution >= 4 is 5.91 Å². The molecule has 2 aliphatic rings. The molecule has 0 spiro atoms. The Hall–Kier alpha value is -0.830. The third kappa shape index (κ3) is 0.878. The average Bonchev–Trinajstić information content (AvgIpc) is 2.55. The predicted octanol–water partition coefficient (Wildman–Crippen LogP) is -0.412. The zero-order valence-corrected chi connectivity index (χ0v) is 6.36. The first-order valence-electron chi connectivity index (χ1n) is 3.91. The van der Waals surface area contributed by atoms with E-state index in [1.165, 1.54) is 6.08 Å². The molecule has 3 nitrogen and oxygen atoms in total. The quantitative estimate of drug-likeness (QED) is 0.519. The molecule has 1 saturated heterocycles. The highest BCUT2D eigenvalue weighted by Crippen LogP contribution is 2.43. The van der Waals surface area contributed by atoms with Gasteiger partial charge in [-0.15, -0.1) is 0 Å². The zero-order valence-electron chi connectivity index (χ0n) is 6.36. The van der Waals surface area contributed by atoms with Crippen molar-refractivity contribution < 1.29 is 4.79 Å². The normalized spacial score (nSPS) is 40.1. The van der Waals surface area contributed by atoms with E-state index in [9.17, 15) is 4.79 Å². The molecule has 1 aliphatic carbocycles. The maximum Gasteiger partial charge on any atom is 0.245 e. The van der Waals surface area contributed by atoms with Gasteiger partial charge in [-0.25, -0.2) is 0 Å². The summed E-state index contributed by atoms with van der Waals surface area (Å²) in [5, 5.41) is 0. The van der Waals surface area contributed by atoms with Crippen molar-refractivity contribution in [2.45, 2.75) is 6.04 Å². The van der Waals surface area contributed by atoms with E-state index in [1.54, 1.807) is 0 Å². The van der Waals surface area contributed by atoms with Gasteiger partial charge in [0.15, 0.2) is 0 Å². The van der Waals surface area contributed by atoms with E-state index in [1.807, 2.05) is 4.90 Å². The van der Waals surface area contributed by atoms with Crippen LogP contribution in [0.15, 0.2) is 12.7 Å². The smallest absolute Gasteiger partial charge is 0.245 e. The van der Waals surface area contributed by atoms with E-state index in [0.29, 0.717) is 17.9 Å². The molecule has 3 atom stereocenters. The van der Waals surface area contributed by atoms with Gasteiger partial charge >= 0.3 is 0 Å². The van der Waals surface area contributed by atoms with Gasteiger partial charge in [0.25, 0.3) is 0 Å². The maximum absolute atomic E-state index is 11.1. The van der Waals surface area contributed by atoms with Crippen molar-refractivity contribution in [2.24, 2.45) is 17.6 Å². The summed E-state index contributed by atoms with van der Waals surface area (Å²) >= 11 is 0. The summed E-state index contributed by atoms with van der Waals surface area (Å²) in [6.07, 6.45) is 1.37. The van der Waals surface area contributed by atoms with Crippen LogP contribution in [-0.4, -0.2) is 29.9 Å². The van der Waals surface area contributed by atoms with Crippen molar-refractivity contribution in [1.29, 1.82) is 0 Å². The van der Waals surface area contributed by atoms with Crippen LogP contribution in [0.3, 0.4) is 0 Å². The number of fused-ring (bicyclic) bond motifs is 1. The molecule has 3 heteroatoms. The minimum absolute atomic E-state index is 0.0457. The third-order valence-corrected chi connectivity index (χ3v) is 2.75. The molecule has 2 N–H and O–H groups in total. The largest absolute Gasteiger partial charge is 0.338 e. The highest BCUT2D eigenvalue weighted by molar-refractivity contribution is 5.87. The van der Waals surface area contributed by atoms with E-state index in [-0.39, 0.29) is 5.91 Å². The number of hydrogen-bond acceptors (Lipinski definition) is 2. The van der Waals surface area contributed by atoms with Gasteiger partial charge in [0.05, 0.1) is 0 Å². The Morgan fingerprint density at radius 2 is 2.09 bits per heavy atom. The van der Waals surface area contributed by atoms with Gasteiger partial charge in [0, 0.05) is 19.1 Å². The number of hydrogen-bond donors (Lipinski definition) is 1. The Bertz CT molecular complexity index is 202. The van der Waals surface area contributed by atoms with Crippen LogP contribution in [-0.2, 0) is 4.79 Å². The second-order valence-corrected chi connectivity index (χ2v) is 3.35. The Morgan fingerprint density at radius 3 is 2.55 bits per heavy atom. The van der Waals surface area contributed by atoms with Crippen LogP contribution < -0.4 is 5.73 Å². The van der Waals surface area contributed by atoms with Crippen LogP contribution >= 0.6 is 0 Å². The van der Waals surface area contributed by atoms with Crippen molar-refractivity contribution in [3.63, 3.8) is 0 Å². The fraction of sp³-hybridized carbons (Fsp3) is 0.625. The van der Waals surface area contributed by atoms with Crippen LogP contribution in [0.1, 0.15) is 0 Å². The van der Waals surface area contributed by atoms with Crippen LogP contribution in [0.2, 0.25) is 0 Å². The lowest BCUT2D eigenvalue weighted by Crippen LogP contribution is -2.32. The Kier molecular flexibility index (Phi) is 1.29. The minimum Gasteiger partial charge on any atom is -0.338 e. The summed E-state index contributed by atoms with van der Waals surface area (Å²) in [5.74, 6) is 1.21. The number of carbonyl (C=O) groups excluding carboxylic acids is 1. The van der Waals surface area contributed by atoms with Crippen molar-refractivity contribution in [3.05, 3.63) is 12.7 Å². The molecular weight excluding hydrogens is 140 g/mol. The zero-order chi connectivity index (χ0) is 8.01. The number of nitrogens with zero attached hydrogens (tertiary/aromatic N) is 1. The Balaban J connectivity index is 1.94. The molecule has 0 radical (unpaired) electrons. The summed E-state index contributed by atoms with van der Waals surface area (Å²) < 4.78 is 0. The van der Waals surface area contributed by atoms with Gasteiger partial charge in [-0.1, -0.05) is 6.58 Å². The van der Waals surface area contributed by atoms with Crippen LogP contribution in [0, 0.1) is 11.8 Å². The number of amides is 1. The maximum atomic E-state index is 11.1. The van der Waals surface area contributed by atoms with Gasteiger partial charge in [-0.2, -0.15) is 0 Å². The first-order chi connectivity index (χ1) is 5.24. The molecule has 1 aliphatic heterocycles. The molecule has 11 heavy (non-hydrogen) atoms. The summed E-state index contributed by atoms with van der Waals surface area (Å²) in [7, 11) is 0. The van der Waals surface area contributed by atoms with Crippen molar-refractivity contribution in [1.82, 2.24) is 4.90 Å². The molecule has 60 valence electrons. The molecule has 0 aromatic heterocycles. The number of piperidine rings is 1. The lowest BCUT2D eigenvalue weighted by atomic mass is 10.4. The Morgan fingerprint density at radius 1 is 1.55 bits per heavy atom. The van der Waals surface area contributed by atoms with Crippen LogP contribution in [0.5, 0.6) is 0 Å². The monoisotopic (exact) mass is 152 g/mol. The molecule has 1 unspecified atom stereocenters. The van der Waals surface area contributed by atoms with Crippen molar-refractivity contribution in [3.8, 4) is 0 Å². The average molecular weight is 152 g/mol. The molecule has 1 amide bonds. The van der Waals surface area contributed by atoms with Gasteiger partial charge in [-0.05, 0) is 17.9 Å². The van der Waals surface area contributed by atoms with Crippen LogP contribution in [0.4, 0.5) is 0 Å². The first kappa shape index (κ1) is 6.85. The van der Waals surface area contributed by atoms with Gasteiger partial charge in [0.2, 0.25) is 5.91 Å². The summed E-state index contributed by atoms with van der Waals surface area (Å²) in [5.41, 5.74) is 5.71. The van der Waals surface area contributed by atoms with E-state index < -0.39 is 0 Å². The van der Waals surface area contributed by atoms with Gasteiger partial charge in [-0.3, -0.25) is 4.79 Å². The topological polar surface area (TPSA) is 46.3 Å². The molecular formula is C8H12N2O. The summed E-state index contributed by atoms with van der Waals surface area (Å²) in [6.45, 7) is 5.13. The Labute approximate surface area is 65.9 Å². The highest BCUT2D eigenvalue weighted by atomic mass is 16.2. The number of nitrogens with two attached hydrogens (primary N) is 1. The number of likely N-dealkylation sites (tertiary alicyclic amines) is 1. The van der Waals surface area contributed by atoms with Crippen LogP contribution in [0.25, 0.3) is 0 Å². The van der Waals surface area contributed by atoms with Crippen molar-refractivity contribution in [2.75, 3.05) is 13.1 Å². The minimum atomic E-state index is 0.0457. The highest BCUT2D eigenvalue weighted by Gasteiger charge is 2.54. The first-order valence-corrected chi connectivity index (χ1v) is 3.91. The summed E-state index contributed by atoms with van der Waals surface area (Å²) in [6, 6.07) is 0.365. The van der Waals surface area contributed by atoms with E-state index in [0.717, 1.165) is 13.1 Å². The lowest BCUT2D eigenvalue weighted by Gasteiger charge is -2.16. The van der Waals surface area contributed by atoms with E-state index in [4.69, 9.17) is 5.73 Å². The fourth-order valence-corrected chi connectivity index (χ4v) is 1.88. The second kappa shape index (κ2) is 2.08. The number of rotatable bonds is 1. The van der Waals surface area contributed by atoms with E-state index >= 15 is 0 Å². The molecule has 0 bridgehead atoms. The number of carbonyl (C=O) groups is 1. The van der Waals surface area contributed by atoms with E-state index in [2.05, 4.69) is 6.58 Å². The standard InChI is InChI=1S/C8H12N2O/c1-2-7(11)10-3-5-6(4-10)8(5)9/h2,5-6,8H,1,3-4,9H2/t5-,6+,8?. The lowest BCUT2D eigenvalue weighted by molar-refractivity contribution is -0.125. The van der Waals surface area contributed by atoms with Gasteiger partial charge in [0.1, 0.15) is 0 Å². The SMILES string of the molecule is C=CC(=O)N1C[C@@H]2C(N)[C@@H]2C1. The molecule has 1 saturated carbocycles. The van der Waals surface area contributed by atoms with Gasteiger partial charge < -0.3 is 10.6 Å². The summed E-state index contributed by atoms with van der Waals surface area (Å²) in [4.78, 5) is 12.9. The molecule has 1 heterocycles.